The number of aryl methyl sites for hydroxylation is 1. The molecule has 0 unspecified atom stereocenters. The van der Waals surface area contributed by atoms with Crippen molar-refractivity contribution in [3.8, 4) is 0 Å². The van der Waals surface area contributed by atoms with Gasteiger partial charge in [0.2, 0.25) is 0 Å². The van der Waals surface area contributed by atoms with Crippen molar-refractivity contribution in [1.82, 2.24) is 29.5 Å². The Kier molecular flexibility index (Phi) is 3.43. The van der Waals surface area contributed by atoms with Gasteiger partial charge in [0, 0.05) is 30.9 Å². The molecule has 1 N–H and O–H groups in total. The fourth-order valence-electron chi connectivity index (χ4n) is 3.61. The number of anilines is 1. The quantitative estimate of drug-likeness (QED) is 0.553. The fraction of sp³-hybridized carbons (Fsp3) is 0.222. The Bertz CT molecular complexity index is 1100. The number of rotatable bonds is 2. The Morgan fingerprint density at radius 3 is 3.00 bits per heavy atom. The van der Waals surface area contributed by atoms with Crippen molar-refractivity contribution in [3.05, 3.63) is 70.9 Å². The highest BCUT2D eigenvalue weighted by Crippen LogP contribution is 2.36. The topological polar surface area (TPSA) is 75.0 Å². The van der Waals surface area contributed by atoms with Crippen LogP contribution in [0, 0.1) is 6.92 Å². The van der Waals surface area contributed by atoms with Crippen LogP contribution in [-0.2, 0) is 6.42 Å². The molecule has 7 nitrogen and oxygen atoms in total. The molecule has 0 saturated carbocycles. The maximum atomic E-state index is 6.10. The van der Waals surface area contributed by atoms with Crippen molar-refractivity contribution in [3.63, 3.8) is 0 Å². The van der Waals surface area contributed by atoms with E-state index in [-0.39, 0.29) is 6.04 Å². The molecule has 1 aliphatic rings. The minimum absolute atomic E-state index is 0.129. The first kappa shape index (κ1) is 15.3. The molecule has 0 radical (unpaired) electrons. The highest BCUT2D eigenvalue weighted by molar-refractivity contribution is 6.29. The largest absolute Gasteiger partial charge is 0.348 e. The molecule has 4 aromatic heterocycles. The fourth-order valence-corrected chi connectivity index (χ4v) is 3.75. The maximum absolute atomic E-state index is 6.10. The zero-order valence-corrected chi connectivity index (χ0v) is 14.9. The number of halogens is 1. The van der Waals surface area contributed by atoms with Gasteiger partial charge in [-0.2, -0.15) is 5.10 Å². The molecule has 0 amide bonds. The number of imidazole rings is 1. The van der Waals surface area contributed by atoms with E-state index in [1.807, 2.05) is 16.8 Å². The number of hydrogen-bond acceptors (Lipinski definition) is 5. The average molecular weight is 366 g/mol. The van der Waals surface area contributed by atoms with Crippen molar-refractivity contribution >= 4 is 22.9 Å². The first-order valence-electron chi connectivity index (χ1n) is 8.42. The molecule has 1 aliphatic heterocycles. The Hall–Kier alpha value is -2.93. The molecule has 0 aliphatic carbocycles. The minimum atomic E-state index is -0.129. The van der Waals surface area contributed by atoms with Crippen LogP contribution < -0.4 is 4.90 Å². The molecular formula is C18H16ClN7. The number of pyridine rings is 1. The lowest BCUT2D eigenvalue weighted by molar-refractivity contribution is 0.610. The highest BCUT2D eigenvalue weighted by atomic mass is 35.5. The summed E-state index contributed by atoms with van der Waals surface area (Å²) in [4.78, 5) is 18.5. The lowest BCUT2D eigenvalue weighted by Gasteiger charge is -2.34. The van der Waals surface area contributed by atoms with E-state index in [9.17, 15) is 0 Å². The number of nitrogens with zero attached hydrogens (tertiary/aromatic N) is 6. The van der Waals surface area contributed by atoms with E-state index in [1.165, 1.54) is 11.9 Å². The van der Waals surface area contributed by atoms with Gasteiger partial charge in [-0.3, -0.25) is 0 Å². The van der Waals surface area contributed by atoms with Crippen molar-refractivity contribution < 1.29 is 0 Å². The Morgan fingerprint density at radius 1 is 1.23 bits per heavy atom. The SMILES string of the molecule is Cc1cccn2nc([C@@H]3c4nc[nH]c4CCN3c3cc(Cl)ncn3)cc12. The third-order valence-corrected chi connectivity index (χ3v) is 5.06. The predicted molar refractivity (Wildman–Crippen MR) is 98.5 cm³/mol. The Labute approximate surface area is 154 Å². The van der Waals surface area contributed by atoms with E-state index >= 15 is 0 Å². The van der Waals surface area contributed by atoms with Gasteiger partial charge in [0.1, 0.15) is 23.3 Å². The second kappa shape index (κ2) is 5.81. The molecule has 0 bridgehead atoms. The summed E-state index contributed by atoms with van der Waals surface area (Å²) in [6, 6.07) is 7.87. The van der Waals surface area contributed by atoms with Crippen LogP contribution in [0.4, 0.5) is 5.82 Å². The van der Waals surface area contributed by atoms with Crippen LogP contribution >= 0.6 is 11.6 Å². The van der Waals surface area contributed by atoms with Gasteiger partial charge >= 0.3 is 0 Å². The highest BCUT2D eigenvalue weighted by Gasteiger charge is 2.34. The van der Waals surface area contributed by atoms with Crippen molar-refractivity contribution in [2.45, 2.75) is 19.4 Å². The van der Waals surface area contributed by atoms with Crippen LogP contribution in [0.5, 0.6) is 0 Å². The summed E-state index contributed by atoms with van der Waals surface area (Å²) < 4.78 is 1.91. The van der Waals surface area contributed by atoms with Crippen LogP contribution in [-0.4, -0.2) is 36.1 Å². The lowest BCUT2D eigenvalue weighted by atomic mass is 9.99. The van der Waals surface area contributed by atoms with Crippen LogP contribution in [0.3, 0.4) is 0 Å². The molecular weight excluding hydrogens is 350 g/mol. The Balaban J connectivity index is 1.69. The number of aromatic nitrogens is 6. The van der Waals surface area contributed by atoms with Gasteiger partial charge in [0.05, 0.1) is 23.2 Å². The Morgan fingerprint density at radius 2 is 2.15 bits per heavy atom. The standard InChI is InChI=1S/C18H16ClN7/c1-11-3-2-5-26-14(11)7-13(24-26)18-17-12(20-9-23-17)4-6-25(18)16-8-15(19)21-10-22-16/h2-3,5,7-10,18H,4,6H2,1H3,(H,20,23)/t18-/m1/s1. The van der Waals surface area contributed by atoms with Gasteiger partial charge in [-0.1, -0.05) is 17.7 Å². The van der Waals surface area contributed by atoms with Crippen molar-refractivity contribution in [1.29, 1.82) is 0 Å². The smallest absolute Gasteiger partial charge is 0.134 e. The van der Waals surface area contributed by atoms with Crippen LogP contribution in [0.2, 0.25) is 5.15 Å². The molecule has 5 heterocycles. The summed E-state index contributed by atoms with van der Waals surface area (Å²) in [7, 11) is 0. The maximum Gasteiger partial charge on any atom is 0.134 e. The first-order chi connectivity index (χ1) is 12.7. The van der Waals surface area contributed by atoms with E-state index in [1.54, 1.807) is 12.4 Å². The zero-order valence-electron chi connectivity index (χ0n) is 14.1. The van der Waals surface area contributed by atoms with Crippen LogP contribution in [0.15, 0.2) is 43.1 Å². The zero-order chi connectivity index (χ0) is 17.7. The van der Waals surface area contributed by atoms with E-state index < -0.39 is 0 Å². The van der Waals surface area contributed by atoms with E-state index in [4.69, 9.17) is 16.7 Å². The predicted octanol–water partition coefficient (Wildman–Crippen LogP) is 2.96. The summed E-state index contributed by atoms with van der Waals surface area (Å²) in [5.41, 5.74) is 5.32. The van der Waals surface area contributed by atoms with Gasteiger partial charge < -0.3 is 9.88 Å². The number of nitrogens with one attached hydrogen (secondary N) is 1. The minimum Gasteiger partial charge on any atom is -0.348 e. The lowest BCUT2D eigenvalue weighted by Crippen LogP contribution is -2.37. The molecule has 0 saturated heterocycles. The third kappa shape index (κ3) is 2.35. The van der Waals surface area contributed by atoms with Crippen LogP contribution in [0.25, 0.3) is 5.52 Å². The molecule has 5 rings (SSSR count). The molecule has 4 aromatic rings. The summed E-state index contributed by atoms with van der Waals surface area (Å²) in [6.45, 7) is 2.88. The van der Waals surface area contributed by atoms with Gasteiger partial charge in [-0.05, 0) is 24.6 Å². The van der Waals surface area contributed by atoms with Crippen LogP contribution in [0.1, 0.15) is 28.7 Å². The molecule has 0 fully saturated rings. The second-order valence-corrected chi connectivity index (χ2v) is 6.79. The average Bonchev–Trinajstić information content (AvgIpc) is 3.28. The van der Waals surface area contributed by atoms with Crippen molar-refractivity contribution in [2.24, 2.45) is 0 Å². The van der Waals surface area contributed by atoms with Gasteiger partial charge in [-0.15, -0.1) is 0 Å². The number of hydrogen-bond donors (Lipinski definition) is 1. The monoisotopic (exact) mass is 365 g/mol. The van der Waals surface area contributed by atoms with Gasteiger partial charge in [0.15, 0.2) is 0 Å². The number of aromatic amines is 1. The first-order valence-corrected chi connectivity index (χ1v) is 8.80. The molecule has 8 heteroatoms. The summed E-state index contributed by atoms with van der Waals surface area (Å²) in [5, 5.41) is 5.24. The molecule has 1 atom stereocenters. The molecule has 130 valence electrons. The van der Waals surface area contributed by atoms with E-state index in [0.717, 1.165) is 41.4 Å². The molecule has 0 aromatic carbocycles. The van der Waals surface area contributed by atoms with Crippen molar-refractivity contribution in [2.75, 3.05) is 11.4 Å². The molecule has 26 heavy (non-hydrogen) atoms. The number of H-pyrrole nitrogens is 1. The summed E-state index contributed by atoms with van der Waals surface area (Å²) in [5.74, 6) is 0.775. The van der Waals surface area contributed by atoms with Gasteiger partial charge in [-0.25, -0.2) is 19.5 Å². The summed E-state index contributed by atoms with van der Waals surface area (Å²) in [6.07, 6.45) is 6.06. The normalized spacial score (nSPS) is 16.8. The second-order valence-electron chi connectivity index (χ2n) is 6.40. The van der Waals surface area contributed by atoms with E-state index in [2.05, 4.69) is 43.9 Å². The number of fused-ring (bicyclic) bond motifs is 2. The molecule has 0 spiro atoms. The van der Waals surface area contributed by atoms with E-state index in [0.29, 0.717) is 5.15 Å². The van der Waals surface area contributed by atoms with Gasteiger partial charge in [0.25, 0.3) is 0 Å². The summed E-state index contributed by atoms with van der Waals surface area (Å²) >= 11 is 6.10. The third-order valence-electron chi connectivity index (χ3n) is 4.85.